The number of carbonyl (C=O) groups excluding carboxylic acids is 1. The average molecular weight is 400 g/mol. The first kappa shape index (κ1) is 17.9. The van der Waals surface area contributed by atoms with Gasteiger partial charge in [-0.25, -0.2) is 4.98 Å². The molecule has 0 aliphatic carbocycles. The molecule has 1 aliphatic heterocycles. The Kier molecular flexibility index (Phi) is 5.09. The number of aromatic nitrogens is 2. The molecule has 0 atom stereocenters. The first-order valence-electron chi connectivity index (χ1n) is 8.57. The third-order valence-corrected chi connectivity index (χ3v) is 5.73. The number of hydrogen-bond acceptors (Lipinski definition) is 4. The fraction of sp³-hybridized carbons (Fsp3) is 0.200. The highest BCUT2D eigenvalue weighted by molar-refractivity contribution is 8.03. The molecule has 3 aromatic rings. The van der Waals surface area contributed by atoms with Crippen molar-refractivity contribution < 1.29 is 9.53 Å². The molecule has 2 aromatic carbocycles. The van der Waals surface area contributed by atoms with E-state index in [0.717, 1.165) is 27.6 Å². The summed E-state index contributed by atoms with van der Waals surface area (Å²) in [5.41, 5.74) is 2.00. The quantitative estimate of drug-likeness (QED) is 0.660. The summed E-state index contributed by atoms with van der Waals surface area (Å²) in [6.07, 6.45) is 1.96. The number of hydrogen-bond donors (Lipinski definition) is 0. The molecule has 0 radical (unpaired) electrons. The number of fused-ring (bicyclic) bond motifs is 1. The van der Waals surface area contributed by atoms with E-state index in [1.54, 1.807) is 28.8 Å². The van der Waals surface area contributed by atoms with Crippen LogP contribution >= 0.6 is 23.4 Å². The molecule has 1 fully saturated rings. The summed E-state index contributed by atoms with van der Waals surface area (Å²) in [5.74, 6) is 2.10. The predicted molar refractivity (Wildman–Crippen MR) is 110 cm³/mol. The monoisotopic (exact) mass is 399 g/mol. The second kappa shape index (κ2) is 7.66. The van der Waals surface area contributed by atoms with Crippen LogP contribution in [-0.2, 0) is 11.8 Å². The molecule has 4 rings (SSSR count). The third kappa shape index (κ3) is 3.68. The lowest BCUT2D eigenvalue weighted by molar-refractivity contribution is -0.130. The van der Waals surface area contributed by atoms with Gasteiger partial charge in [-0.15, -0.1) is 11.8 Å². The van der Waals surface area contributed by atoms with Gasteiger partial charge >= 0.3 is 0 Å². The van der Waals surface area contributed by atoms with Crippen LogP contribution in [0, 0.1) is 0 Å². The fourth-order valence-electron chi connectivity index (χ4n) is 2.98. The summed E-state index contributed by atoms with van der Waals surface area (Å²) in [6, 6.07) is 15.1. The zero-order valence-corrected chi connectivity index (χ0v) is 16.3. The number of rotatable bonds is 4. The minimum atomic E-state index is -0.0927. The largest absolute Gasteiger partial charge is 0.482 e. The normalized spacial score (nSPS) is 15.6. The van der Waals surface area contributed by atoms with Gasteiger partial charge in [0.1, 0.15) is 11.6 Å². The highest BCUT2D eigenvalue weighted by atomic mass is 35.5. The molecule has 0 spiro atoms. The Balaban J connectivity index is 1.52. The molecule has 1 amide bonds. The molecule has 0 unspecified atom stereocenters. The SMILES string of the molecule is Cn1c(/C=C2/SCCN2C(=O)COc2ccccc2Cl)nc2ccccc21. The molecular formula is C20H18ClN3O2S. The first-order valence-corrected chi connectivity index (χ1v) is 9.93. The summed E-state index contributed by atoms with van der Waals surface area (Å²) >= 11 is 7.73. The van der Waals surface area contributed by atoms with Crippen LogP contribution in [0.25, 0.3) is 17.1 Å². The maximum Gasteiger partial charge on any atom is 0.265 e. The lowest BCUT2D eigenvalue weighted by atomic mass is 10.3. The number of ether oxygens (including phenoxy) is 1. The zero-order chi connectivity index (χ0) is 18.8. The van der Waals surface area contributed by atoms with Crippen LogP contribution in [0.2, 0.25) is 5.02 Å². The Hall–Kier alpha value is -2.44. The molecule has 0 N–H and O–H groups in total. The molecule has 1 saturated heterocycles. The number of nitrogens with zero attached hydrogens (tertiary/aromatic N) is 3. The van der Waals surface area contributed by atoms with Gasteiger partial charge in [0.05, 0.1) is 21.1 Å². The number of imidazole rings is 1. The smallest absolute Gasteiger partial charge is 0.265 e. The van der Waals surface area contributed by atoms with Crippen LogP contribution in [-0.4, -0.2) is 39.3 Å². The number of halogens is 1. The highest BCUT2D eigenvalue weighted by Gasteiger charge is 2.25. The van der Waals surface area contributed by atoms with Crippen LogP contribution in [0.15, 0.2) is 53.6 Å². The topological polar surface area (TPSA) is 47.4 Å². The molecule has 2 heterocycles. The maximum absolute atomic E-state index is 12.7. The van der Waals surface area contributed by atoms with Gasteiger partial charge < -0.3 is 14.2 Å². The lowest BCUT2D eigenvalue weighted by Crippen LogP contribution is -2.31. The Bertz CT molecular complexity index is 1030. The van der Waals surface area contributed by atoms with E-state index >= 15 is 0 Å². The lowest BCUT2D eigenvalue weighted by Gasteiger charge is -2.17. The second-order valence-electron chi connectivity index (χ2n) is 6.11. The average Bonchev–Trinajstić information content (AvgIpc) is 3.26. The molecule has 5 nitrogen and oxygen atoms in total. The van der Waals surface area contributed by atoms with E-state index in [4.69, 9.17) is 16.3 Å². The van der Waals surface area contributed by atoms with Gasteiger partial charge in [-0.1, -0.05) is 35.9 Å². The zero-order valence-electron chi connectivity index (χ0n) is 14.8. The second-order valence-corrected chi connectivity index (χ2v) is 7.64. The van der Waals surface area contributed by atoms with Gasteiger partial charge in [0.15, 0.2) is 6.61 Å². The maximum atomic E-state index is 12.7. The van der Waals surface area contributed by atoms with Gasteiger partial charge in [0.25, 0.3) is 5.91 Å². The highest BCUT2D eigenvalue weighted by Crippen LogP contribution is 2.31. The molecule has 0 saturated carbocycles. The van der Waals surface area contributed by atoms with Gasteiger partial charge in [0.2, 0.25) is 0 Å². The summed E-state index contributed by atoms with van der Waals surface area (Å²) in [7, 11) is 1.98. The fourth-order valence-corrected chi connectivity index (χ4v) is 4.19. The number of carbonyl (C=O) groups is 1. The van der Waals surface area contributed by atoms with E-state index in [1.165, 1.54) is 0 Å². The number of para-hydroxylation sites is 3. The van der Waals surface area contributed by atoms with Crippen molar-refractivity contribution in [1.82, 2.24) is 14.5 Å². The summed E-state index contributed by atoms with van der Waals surface area (Å²) in [5, 5.41) is 1.39. The summed E-state index contributed by atoms with van der Waals surface area (Å²) in [4.78, 5) is 19.1. The number of thioether (sulfide) groups is 1. The van der Waals surface area contributed by atoms with E-state index in [9.17, 15) is 4.79 Å². The van der Waals surface area contributed by atoms with E-state index in [-0.39, 0.29) is 12.5 Å². The predicted octanol–water partition coefficient (Wildman–Crippen LogP) is 4.18. The van der Waals surface area contributed by atoms with E-state index in [1.807, 2.05) is 54.1 Å². The number of aryl methyl sites for hydroxylation is 1. The summed E-state index contributed by atoms with van der Waals surface area (Å²) < 4.78 is 7.63. The molecular weight excluding hydrogens is 382 g/mol. The Labute approximate surface area is 166 Å². The van der Waals surface area contributed by atoms with Crippen LogP contribution in [0.5, 0.6) is 5.75 Å². The molecule has 1 aliphatic rings. The van der Waals surface area contributed by atoms with Crippen molar-refractivity contribution in [2.24, 2.45) is 7.05 Å². The van der Waals surface area contributed by atoms with Crippen LogP contribution in [0.4, 0.5) is 0 Å². The van der Waals surface area contributed by atoms with Crippen LogP contribution < -0.4 is 4.74 Å². The number of benzene rings is 2. The summed E-state index contributed by atoms with van der Waals surface area (Å²) in [6.45, 7) is 0.606. The van der Waals surface area contributed by atoms with Crippen molar-refractivity contribution in [3.63, 3.8) is 0 Å². The minimum Gasteiger partial charge on any atom is -0.482 e. The van der Waals surface area contributed by atoms with Crippen LogP contribution in [0.3, 0.4) is 0 Å². The third-order valence-electron chi connectivity index (χ3n) is 4.39. The minimum absolute atomic E-state index is 0.0514. The van der Waals surface area contributed by atoms with Crippen molar-refractivity contribution >= 4 is 46.4 Å². The Morgan fingerprint density at radius 3 is 2.85 bits per heavy atom. The van der Waals surface area contributed by atoms with Crippen molar-refractivity contribution in [1.29, 1.82) is 0 Å². The van der Waals surface area contributed by atoms with E-state index in [0.29, 0.717) is 17.3 Å². The van der Waals surface area contributed by atoms with Crippen molar-refractivity contribution in [2.75, 3.05) is 18.9 Å². The van der Waals surface area contributed by atoms with Crippen LogP contribution in [0.1, 0.15) is 5.82 Å². The standard InChI is InChI=1S/C20H18ClN3O2S/c1-23-16-8-4-3-7-15(16)22-18(23)12-20-24(10-11-27-20)19(25)13-26-17-9-5-2-6-14(17)21/h2-9,12H,10-11,13H2,1H3/b20-12+. The van der Waals surface area contributed by atoms with Gasteiger partial charge in [-0.3, -0.25) is 4.79 Å². The van der Waals surface area contributed by atoms with Crippen molar-refractivity contribution in [2.45, 2.75) is 0 Å². The first-order chi connectivity index (χ1) is 13.1. The Morgan fingerprint density at radius 1 is 1.26 bits per heavy atom. The van der Waals surface area contributed by atoms with E-state index in [2.05, 4.69) is 4.98 Å². The molecule has 27 heavy (non-hydrogen) atoms. The molecule has 7 heteroatoms. The van der Waals surface area contributed by atoms with Crippen molar-refractivity contribution in [3.05, 3.63) is 64.4 Å². The van der Waals surface area contributed by atoms with Gasteiger partial charge in [-0.2, -0.15) is 0 Å². The Morgan fingerprint density at radius 2 is 2.04 bits per heavy atom. The molecule has 0 bridgehead atoms. The number of amides is 1. The van der Waals surface area contributed by atoms with Gasteiger partial charge in [0, 0.05) is 25.4 Å². The van der Waals surface area contributed by atoms with E-state index < -0.39 is 0 Å². The molecule has 1 aromatic heterocycles. The van der Waals surface area contributed by atoms with Gasteiger partial charge in [-0.05, 0) is 24.3 Å². The molecule has 138 valence electrons. The van der Waals surface area contributed by atoms with Crippen molar-refractivity contribution in [3.8, 4) is 5.75 Å².